The van der Waals surface area contributed by atoms with Crippen LogP contribution in [0.1, 0.15) is 118 Å². The van der Waals surface area contributed by atoms with Crippen LogP contribution in [0.25, 0.3) is 10.9 Å². The van der Waals surface area contributed by atoms with Crippen molar-refractivity contribution in [2.75, 3.05) is 39.3 Å². The lowest BCUT2D eigenvalue weighted by atomic mass is 9.86. The molecular formula is C60H74N4O11Si. The van der Waals surface area contributed by atoms with Crippen LogP contribution in [0.3, 0.4) is 0 Å². The smallest absolute Gasteiger partial charge is 0.410 e. The summed E-state index contributed by atoms with van der Waals surface area (Å²) in [4.78, 5) is 60.5. The van der Waals surface area contributed by atoms with Crippen molar-refractivity contribution in [2.24, 2.45) is 5.92 Å². The minimum atomic E-state index is -2.49. The van der Waals surface area contributed by atoms with Gasteiger partial charge in [0.05, 0.1) is 30.8 Å². The van der Waals surface area contributed by atoms with E-state index in [-0.39, 0.29) is 48.8 Å². The number of nitrogens with one attached hydrogen (secondary N) is 2. The fourth-order valence-electron chi connectivity index (χ4n) is 9.38. The van der Waals surface area contributed by atoms with Crippen molar-refractivity contribution in [3.8, 4) is 11.5 Å². The highest BCUT2D eigenvalue weighted by Crippen LogP contribution is 2.42. The molecule has 0 aliphatic carbocycles. The van der Waals surface area contributed by atoms with E-state index in [1.807, 2.05) is 118 Å². The Bertz CT molecular complexity index is 2960. The number of hydrogen-bond acceptors (Lipinski definition) is 12. The highest BCUT2D eigenvalue weighted by molar-refractivity contribution is 6.74. The molecule has 76 heavy (non-hydrogen) atoms. The van der Waals surface area contributed by atoms with Crippen molar-refractivity contribution in [3.63, 3.8) is 0 Å². The number of esters is 1. The number of furan rings is 1. The van der Waals surface area contributed by atoms with Gasteiger partial charge < -0.3 is 47.7 Å². The van der Waals surface area contributed by atoms with Gasteiger partial charge in [-0.05, 0) is 142 Å². The van der Waals surface area contributed by atoms with Gasteiger partial charge in [0.2, 0.25) is 11.3 Å². The van der Waals surface area contributed by atoms with Gasteiger partial charge in [-0.3, -0.25) is 9.69 Å². The van der Waals surface area contributed by atoms with E-state index in [4.69, 9.17) is 32.5 Å². The predicted octanol–water partition coefficient (Wildman–Crippen LogP) is 12.1. The topological polar surface area (TPSA) is 171 Å². The molecular weight excluding hydrogens is 981 g/mol. The third kappa shape index (κ3) is 14.7. The lowest BCUT2D eigenvalue weighted by molar-refractivity contribution is -0.0336. The highest BCUT2D eigenvalue weighted by atomic mass is 28.4. The molecule has 4 aromatic carbocycles. The number of ether oxygens (including phenoxy) is 5. The quantitative estimate of drug-likeness (QED) is 0.0303. The summed E-state index contributed by atoms with van der Waals surface area (Å²) in [5, 5.41) is 3.69. The zero-order valence-corrected chi connectivity index (χ0v) is 46.2. The van der Waals surface area contributed by atoms with Gasteiger partial charge in [0.25, 0.3) is 0 Å². The molecule has 15 nitrogen and oxygen atoms in total. The van der Waals surface area contributed by atoms with E-state index in [0.717, 1.165) is 60.1 Å². The number of carbonyl (C=O) groups is 3. The molecule has 2 N–H and O–H groups in total. The Labute approximate surface area is 447 Å². The van der Waals surface area contributed by atoms with Gasteiger partial charge >= 0.3 is 18.2 Å². The molecule has 16 heteroatoms. The van der Waals surface area contributed by atoms with Gasteiger partial charge in [0.1, 0.15) is 42.2 Å². The van der Waals surface area contributed by atoms with Crippen LogP contribution in [0, 0.1) is 5.92 Å². The molecule has 2 amide bonds. The number of H-pyrrole nitrogens is 1. The number of carbonyl (C=O) groups excluding carboxylic acids is 3. The van der Waals surface area contributed by atoms with E-state index in [2.05, 4.69) is 49.1 Å². The van der Waals surface area contributed by atoms with E-state index in [1.54, 1.807) is 23.1 Å². The number of aromatic amines is 1. The summed E-state index contributed by atoms with van der Waals surface area (Å²) in [5.74, 6) is 1.30. The maximum absolute atomic E-state index is 14.1. The zero-order chi connectivity index (χ0) is 54.0. The second-order valence-electron chi connectivity index (χ2n) is 22.4. The molecule has 3 aliphatic heterocycles. The first-order valence-corrected chi connectivity index (χ1v) is 29.4. The van der Waals surface area contributed by atoms with Crippen LogP contribution in [-0.4, -0.2) is 92.3 Å². The SMILES string of the molecule is CC(C)(C)OC(=O)N(CCCCOC(=O)c1ccc(COc2cccc(C(NC(=O)O[C@H]3CN4CCC3CC4)c3ccccc3)c2)o1)C[C@@H](O[Si](C)(C)C(C)(C)C)c1ccc(OCc2ccccc2)c2[nH]c(=O)ccc12. The van der Waals surface area contributed by atoms with Crippen LogP contribution in [0.2, 0.25) is 18.1 Å². The Balaban J connectivity index is 0.889. The second-order valence-corrected chi connectivity index (χ2v) is 27.1. The Hall–Kier alpha value is -6.88. The maximum Gasteiger partial charge on any atom is 0.410 e. The average Bonchev–Trinajstić information content (AvgIpc) is 3.89. The van der Waals surface area contributed by atoms with Crippen molar-refractivity contribution in [1.82, 2.24) is 20.1 Å². The fraction of sp³-hybridized carbons (Fsp3) is 0.433. The standard InChI is InChI=1S/C60H74N4O11Si/c1-59(2,3)74-58(68)64(38-52(75-76(7,8)60(4,5)6)47-25-28-49(55-48(47)26-29-53(65)61-55)71-39-41-18-11-9-12-19-41)32-15-16-35-69-56(66)50-27-24-46(72-50)40-70-45-23-17-22-44(36-45)54(43-20-13-10-14-21-43)62-57(67)73-51-37-63-33-30-42(51)31-34-63/h9-14,17-29,36,42,51-52,54H,15-16,30-35,37-40H2,1-8H3,(H,61,65)(H,62,67)/t51-,52+,54?/m0/s1. The van der Waals surface area contributed by atoms with E-state index >= 15 is 0 Å². The molecule has 9 rings (SSSR count). The number of fused-ring (bicyclic) bond motifs is 4. The molecule has 404 valence electrons. The van der Waals surface area contributed by atoms with Gasteiger partial charge in [0.15, 0.2) is 8.32 Å². The molecule has 6 aromatic rings. The number of benzene rings is 4. The molecule has 5 heterocycles. The predicted molar refractivity (Wildman–Crippen MR) is 294 cm³/mol. The van der Waals surface area contributed by atoms with Crippen molar-refractivity contribution in [2.45, 2.75) is 122 Å². The number of unbranched alkanes of at least 4 members (excludes halogenated alkanes) is 1. The van der Waals surface area contributed by atoms with E-state index in [9.17, 15) is 19.2 Å². The molecule has 0 spiro atoms. The third-order valence-corrected chi connectivity index (χ3v) is 19.0. The Morgan fingerprint density at radius 3 is 2.24 bits per heavy atom. The summed E-state index contributed by atoms with van der Waals surface area (Å²) in [6, 6.07) is 36.9. The summed E-state index contributed by atoms with van der Waals surface area (Å²) in [5.41, 5.74) is 3.00. The van der Waals surface area contributed by atoms with Crippen molar-refractivity contribution < 1.29 is 46.9 Å². The number of nitrogens with zero attached hydrogens (tertiary/aromatic N) is 2. The number of amides is 2. The van der Waals surface area contributed by atoms with Crippen LogP contribution < -0.4 is 20.3 Å². The van der Waals surface area contributed by atoms with Crippen LogP contribution in [-0.2, 0) is 31.9 Å². The molecule has 1 unspecified atom stereocenters. The highest BCUT2D eigenvalue weighted by Gasteiger charge is 2.41. The van der Waals surface area contributed by atoms with Gasteiger partial charge in [0, 0.05) is 24.5 Å². The van der Waals surface area contributed by atoms with E-state index in [0.29, 0.717) is 48.1 Å². The van der Waals surface area contributed by atoms with Gasteiger partial charge in [-0.2, -0.15) is 0 Å². The monoisotopic (exact) mass is 1050 g/mol. The lowest BCUT2D eigenvalue weighted by Gasteiger charge is -2.43. The molecule has 0 radical (unpaired) electrons. The number of piperidine rings is 3. The van der Waals surface area contributed by atoms with Gasteiger partial charge in [-0.1, -0.05) is 99.6 Å². The Kier molecular flexibility index (Phi) is 17.8. The number of hydrogen-bond donors (Lipinski definition) is 2. The second kappa shape index (κ2) is 24.4. The van der Waals surface area contributed by atoms with E-state index in [1.165, 1.54) is 6.07 Å². The Morgan fingerprint density at radius 1 is 0.816 bits per heavy atom. The number of aromatic nitrogens is 1. The minimum absolute atomic E-state index is 0.0354. The summed E-state index contributed by atoms with van der Waals surface area (Å²) < 4.78 is 43.1. The lowest BCUT2D eigenvalue weighted by Crippen LogP contribution is -2.52. The van der Waals surface area contributed by atoms with Crippen LogP contribution in [0.5, 0.6) is 11.5 Å². The first-order valence-electron chi connectivity index (χ1n) is 26.5. The first-order chi connectivity index (χ1) is 36.3. The van der Waals surface area contributed by atoms with Crippen LogP contribution in [0.4, 0.5) is 9.59 Å². The molecule has 3 saturated heterocycles. The van der Waals surface area contributed by atoms with Crippen LogP contribution in [0.15, 0.2) is 131 Å². The molecule has 3 aliphatic rings. The van der Waals surface area contributed by atoms with Gasteiger partial charge in [-0.25, -0.2) is 14.4 Å². The molecule has 3 atom stereocenters. The minimum Gasteiger partial charge on any atom is -0.487 e. The van der Waals surface area contributed by atoms with Gasteiger partial charge in [-0.15, -0.1) is 0 Å². The third-order valence-electron chi connectivity index (χ3n) is 14.5. The summed E-state index contributed by atoms with van der Waals surface area (Å²) >= 11 is 0. The number of rotatable bonds is 21. The molecule has 2 aromatic heterocycles. The largest absolute Gasteiger partial charge is 0.487 e. The van der Waals surface area contributed by atoms with Crippen molar-refractivity contribution in [3.05, 3.63) is 165 Å². The summed E-state index contributed by atoms with van der Waals surface area (Å²) in [7, 11) is -2.49. The summed E-state index contributed by atoms with van der Waals surface area (Å²) in [6.45, 7) is 20.1. The molecule has 0 saturated carbocycles. The van der Waals surface area contributed by atoms with Crippen molar-refractivity contribution in [1.29, 1.82) is 0 Å². The Morgan fingerprint density at radius 2 is 1.54 bits per heavy atom. The van der Waals surface area contributed by atoms with Crippen LogP contribution >= 0.6 is 0 Å². The number of pyridine rings is 1. The fourth-order valence-corrected chi connectivity index (χ4v) is 10.6. The summed E-state index contributed by atoms with van der Waals surface area (Å²) in [6.07, 6.45) is 1.33. The number of alkyl carbamates (subject to hydrolysis) is 1. The normalized spacial score (nSPS) is 17.3. The molecule has 3 fully saturated rings. The average molecular weight is 1060 g/mol. The first kappa shape index (κ1) is 55.4. The molecule has 2 bridgehead atoms. The zero-order valence-electron chi connectivity index (χ0n) is 45.2. The van der Waals surface area contributed by atoms with Crippen molar-refractivity contribution >= 4 is 37.4 Å². The van der Waals surface area contributed by atoms with E-state index < -0.39 is 44.2 Å². The maximum atomic E-state index is 14.1.